The summed E-state index contributed by atoms with van der Waals surface area (Å²) in [5, 5.41) is 9.99. The number of furan rings is 1. The van der Waals surface area contributed by atoms with Gasteiger partial charge in [-0.1, -0.05) is 24.2 Å². The molecule has 0 saturated heterocycles. The van der Waals surface area contributed by atoms with Crippen LogP contribution >= 0.6 is 0 Å². The third kappa shape index (κ3) is 4.77. The molecule has 7 nitrogen and oxygen atoms in total. The molecule has 25 heavy (non-hydrogen) atoms. The molecule has 130 valence electrons. The number of anilines is 1. The number of aryl methyl sites for hydroxylation is 1. The predicted octanol–water partition coefficient (Wildman–Crippen LogP) is 3.01. The van der Waals surface area contributed by atoms with Crippen LogP contribution in [0.1, 0.15) is 24.8 Å². The number of nitrogens with zero attached hydrogens (tertiary/aromatic N) is 2. The second kappa shape index (κ2) is 8.25. The molecule has 2 heterocycles. The van der Waals surface area contributed by atoms with E-state index in [1.165, 1.54) is 0 Å². The largest absolute Gasteiger partial charge is 0.461 e. The lowest BCUT2D eigenvalue weighted by atomic mass is 10.2. The predicted molar refractivity (Wildman–Crippen MR) is 92.8 cm³/mol. The van der Waals surface area contributed by atoms with Crippen LogP contribution in [0.3, 0.4) is 0 Å². The zero-order valence-corrected chi connectivity index (χ0v) is 14.0. The van der Waals surface area contributed by atoms with Gasteiger partial charge < -0.3 is 19.6 Å². The van der Waals surface area contributed by atoms with Crippen LogP contribution in [0.2, 0.25) is 0 Å². The van der Waals surface area contributed by atoms with Crippen molar-refractivity contribution >= 4 is 11.6 Å². The Balaban J connectivity index is 1.51. The summed E-state index contributed by atoms with van der Waals surface area (Å²) < 4.78 is 10.4. The van der Waals surface area contributed by atoms with E-state index in [4.69, 9.17) is 8.94 Å². The van der Waals surface area contributed by atoms with Gasteiger partial charge in [0.05, 0.1) is 6.26 Å². The number of carbonyl (C=O) groups is 1. The van der Waals surface area contributed by atoms with Crippen molar-refractivity contribution in [2.45, 2.75) is 26.3 Å². The number of amides is 1. The number of hydrogen-bond acceptors (Lipinski definition) is 6. The fourth-order valence-electron chi connectivity index (χ4n) is 2.33. The first-order chi connectivity index (χ1) is 12.2. The van der Waals surface area contributed by atoms with E-state index in [9.17, 15) is 4.79 Å². The summed E-state index contributed by atoms with van der Waals surface area (Å²) in [7, 11) is 0. The second-order valence-corrected chi connectivity index (χ2v) is 5.52. The van der Waals surface area contributed by atoms with Crippen LogP contribution in [-0.4, -0.2) is 22.6 Å². The highest BCUT2D eigenvalue weighted by Gasteiger charge is 2.12. The van der Waals surface area contributed by atoms with E-state index in [-0.39, 0.29) is 12.3 Å². The summed E-state index contributed by atoms with van der Waals surface area (Å²) in [6.07, 6.45) is 2.18. The first-order valence-electron chi connectivity index (χ1n) is 8.20. The van der Waals surface area contributed by atoms with Crippen LogP contribution in [0.15, 0.2) is 51.6 Å². The Labute approximate surface area is 145 Å². The first kappa shape index (κ1) is 16.9. The van der Waals surface area contributed by atoms with Crippen molar-refractivity contribution in [1.29, 1.82) is 0 Å². The molecule has 3 rings (SSSR count). The first-order valence-corrected chi connectivity index (χ1v) is 8.20. The molecule has 0 bridgehead atoms. The van der Waals surface area contributed by atoms with E-state index in [0.29, 0.717) is 23.9 Å². The molecule has 1 aromatic carbocycles. The minimum Gasteiger partial charge on any atom is -0.461 e. The quantitative estimate of drug-likeness (QED) is 0.655. The minimum atomic E-state index is -0.0988. The molecule has 0 fully saturated rings. The van der Waals surface area contributed by atoms with Crippen LogP contribution in [0, 0.1) is 0 Å². The molecule has 0 saturated carbocycles. The van der Waals surface area contributed by atoms with Gasteiger partial charge in [0.25, 0.3) is 0 Å². The van der Waals surface area contributed by atoms with Crippen molar-refractivity contribution in [2.24, 2.45) is 0 Å². The maximum absolute atomic E-state index is 12.1. The summed E-state index contributed by atoms with van der Waals surface area (Å²) in [6, 6.07) is 11.3. The van der Waals surface area contributed by atoms with E-state index >= 15 is 0 Å². The Bertz CT molecular complexity index is 811. The second-order valence-electron chi connectivity index (χ2n) is 5.52. The molecule has 7 heteroatoms. The highest BCUT2D eigenvalue weighted by atomic mass is 16.5. The third-order valence-electron chi connectivity index (χ3n) is 3.57. The van der Waals surface area contributed by atoms with Crippen molar-refractivity contribution in [3.05, 3.63) is 54.1 Å². The van der Waals surface area contributed by atoms with E-state index in [2.05, 4.69) is 27.7 Å². The fraction of sp³-hybridized carbons (Fsp3) is 0.278. The smallest absolute Gasteiger partial charge is 0.238 e. The summed E-state index contributed by atoms with van der Waals surface area (Å²) in [4.78, 5) is 16.3. The zero-order valence-electron chi connectivity index (χ0n) is 14.0. The molecule has 2 aromatic heterocycles. The average molecular weight is 340 g/mol. The van der Waals surface area contributed by atoms with E-state index in [1.807, 2.05) is 24.3 Å². The molecular formula is C18H20N4O3. The number of benzene rings is 1. The zero-order chi connectivity index (χ0) is 17.5. The summed E-state index contributed by atoms with van der Waals surface area (Å²) in [6.45, 7) is 3.74. The Morgan fingerprint density at radius 2 is 2.16 bits per heavy atom. The average Bonchev–Trinajstić information content (AvgIpc) is 3.29. The molecule has 0 aliphatic carbocycles. The Morgan fingerprint density at radius 1 is 1.24 bits per heavy atom. The highest BCUT2D eigenvalue weighted by Crippen LogP contribution is 2.16. The third-order valence-corrected chi connectivity index (χ3v) is 3.57. The summed E-state index contributed by atoms with van der Waals surface area (Å²) in [5.74, 6) is 1.23. The van der Waals surface area contributed by atoms with Crippen molar-refractivity contribution in [3.63, 3.8) is 0 Å². The van der Waals surface area contributed by atoms with Crippen LogP contribution < -0.4 is 10.6 Å². The van der Waals surface area contributed by atoms with Crippen LogP contribution in [0.25, 0.3) is 11.6 Å². The van der Waals surface area contributed by atoms with Gasteiger partial charge in [0, 0.05) is 25.1 Å². The van der Waals surface area contributed by atoms with Crippen LogP contribution in [0.5, 0.6) is 0 Å². The molecule has 0 aliphatic rings. The number of hydrogen-bond donors (Lipinski definition) is 2. The topological polar surface area (TPSA) is 93.2 Å². The van der Waals surface area contributed by atoms with Crippen molar-refractivity contribution in [3.8, 4) is 11.6 Å². The normalized spacial score (nSPS) is 10.8. The number of carbonyl (C=O) groups excluding carboxylic acids is 1. The standard InChI is InChI=1S/C18H20N4O3/c1-2-19-12-13-5-3-6-14(11-13)20-16(23)8-9-17-21-18(22-25-17)15-7-4-10-24-15/h3-7,10-11,19H,2,8-9,12H2,1H3,(H,20,23). The molecule has 3 aromatic rings. The Morgan fingerprint density at radius 3 is 2.96 bits per heavy atom. The van der Waals surface area contributed by atoms with E-state index in [1.54, 1.807) is 18.4 Å². The molecule has 0 atom stereocenters. The van der Waals surface area contributed by atoms with Gasteiger partial charge in [0.1, 0.15) is 0 Å². The molecule has 2 N–H and O–H groups in total. The summed E-state index contributed by atoms with van der Waals surface area (Å²) >= 11 is 0. The highest BCUT2D eigenvalue weighted by molar-refractivity contribution is 5.90. The lowest BCUT2D eigenvalue weighted by molar-refractivity contribution is -0.116. The fourth-order valence-corrected chi connectivity index (χ4v) is 2.33. The maximum Gasteiger partial charge on any atom is 0.238 e. The van der Waals surface area contributed by atoms with Gasteiger partial charge in [-0.2, -0.15) is 4.98 Å². The van der Waals surface area contributed by atoms with Gasteiger partial charge in [-0.3, -0.25) is 4.79 Å². The number of rotatable bonds is 8. The molecule has 0 spiro atoms. The minimum absolute atomic E-state index is 0.0988. The van der Waals surface area contributed by atoms with Crippen molar-refractivity contribution < 1.29 is 13.7 Å². The van der Waals surface area contributed by atoms with Gasteiger partial charge >= 0.3 is 0 Å². The van der Waals surface area contributed by atoms with Crippen molar-refractivity contribution in [1.82, 2.24) is 15.5 Å². The lowest BCUT2D eigenvalue weighted by Crippen LogP contribution is -2.14. The molecule has 1 amide bonds. The van der Waals surface area contributed by atoms with Gasteiger partial charge in [-0.05, 0) is 36.4 Å². The van der Waals surface area contributed by atoms with E-state index < -0.39 is 0 Å². The van der Waals surface area contributed by atoms with Crippen LogP contribution in [0.4, 0.5) is 5.69 Å². The number of aromatic nitrogens is 2. The molecule has 0 unspecified atom stereocenters. The molecule has 0 aliphatic heterocycles. The Hall–Kier alpha value is -2.93. The molecule has 0 radical (unpaired) electrons. The van der Waals surface area contributed by atoms with Crippen LogP contribution in [-0.2, 0) is 17.8 Å². The van der Waals surface area contributed by atoms with Gasteiger partial charge in [0.15, 0.2) is 5.76 Å². The summed E-state index contributed by atoms with van der Waals surface area (Å²) in [5.41, 5.74) is 1.90. The lowest BCUT2D eigenvalue weighted by Gasteiger charge is -2.07. The van der Waals surface area contributed by atoms with Gasteiger partial charge in [-0.15, -0.1) is 0 Å². The monoisotopic (exact) mass is 340 g/mol. The molecular weight excluding hydrogens is 320 g/mol. The van der Waals surface area contributed by atoms with Crippen molar-refractivity contribution in [2.75, 3.05) is 11.9 Å². The van der Waals surface area contributed by atoms with Gasteiger partial charge in [0.2, 0.25) is 17.6 Å². The maximum atomic E-state index is 12.1. The SMILES string of the molecule is CCNCc1cccc(NC(=O)CCc2nc(-c3ccco3)no2)c1. The van der Waals surface area contributed by atoms with Gasteiger partial charge in [-0.25, -0.2) is 0 Å². The number of nitrogens with one attached hydrogen (secondary N) is 2. The Kier molecular flexibility index (Phi) is 5.58. The van der Waals surface area contributed by atoms with E-state index in [0.717, 1.165) is 24.3 Å².